The van der Waals surface area contributed by atoms with E-state index in [-0.39, 0.29) is 5.69 Å². The number of amides is 1. The number of nitrogens with two attached hydrogens (primary N) is 1. The van der Waals surface area contributed by atoms with Crippen molar-refractivity contribution in [1.82, 2.24) is 9.97 Å². The zero-order valence-corrected chi connectivity index (χ0v) is 10.6. The van der Waals surface area contributed by atoms with Crippen LogP contribution in [0.2, 0.25) is 0 Å². The molecule has 0 unspecified atom stereocenters. The zero-order chi connectivity index (χ0) is 13.2. The van der Waals surface area contributed by atoms with Gasteiger partial charge in [-0.2, -0.15) is 0 Å². The number of nitrogens with zero attached hydrogens (tertiary/aromatic N) is 2. The van der Waals surface area contributed by atoms with Gasteiger partial charge in [0, 0.05) is 11.8 Å². The second-order valence-corrected chi connectivity index (χ2v) is 4.73. The van der Waals surface area contributed by atoms with E-state index >= 15 is 0 Å². The van der Waals surface area contributed by atoms with Crippen LogP contribution in [-0.2, 0) is 0 Å². The number of carbonyl (C=O) groups excluding carboxylic acids is 1. The smallest absolute Gasteiger partial charge is 0.270 e. The number of carbonyl (C=O) groups is 1. The van der Waals surface area contributed by atoms with E-state index in [1.165, 1.54) is 6.26 Å². The van der Waals surface area contributed by atoms with E-state index in [2.05, 4.69) is 9.97 Å². The van der Waals surface area contributed by atoms with Crippen molar-refractivity contribution in [2.45, 2.75) is 0 Å². The highest BCUT2D eigenvalue weighted by molar-refractivity contribution is 7.13. The highest BCUT2D eigenvalue weighted by atomic mass is 32.1. The fourth-order valence-corrected chi connectivity index (χ4v) is 2.28. The van der Waals surface area contributed by atoms with Crippen molar-refractivity contribution in [3.63, 3.8) is 0 Å². The molecule has 0 saturated carbocycles. The topological polar surface area (TPSA) is 82.0 Å². The number of rotatable bonds is 3. The molecule has 1 aromatic carbocycles. The molecule has 0 fully saturated rings. The van der Waals surface area contributed by atoms with Crippen molar-refractivity contribution in [1.29, 1.82) is 0 Å². The summed E-state index contributed by atoms with van der Waals surface area (Å²) in [6, 6.07) is 7.67. The normalized spacial score (nSPS) is 10.5. The maximum atomic E-state index is 10.9. The summed E-state index contributed by atoms with van der Waals surface area (Å²) < 4.78 is 5.22. The summed E-state index contributed by atoms with van der Waals surface area (Å²) in [4.78, 5) is 20.1. The third kappa shape index (κ3) is 2.25. The Kier molecular flexibility index (Phi) is 2.85. The van der Waals surface area contributed by atoms with Gasteiger partial charge in [-0.15, -0.1) is 11.3 Å². The molecule has 19 heavy (non-hydrogen) atoms. The maximum Gasteiger partial charge on any atom is 0.270 e. The van der Waals surface area contributed by atoms with E-state index in [0.29, 0.717) is 5.89 Å². The molecule has 0 bridgehead atoms. The molecular weight excluding hydrogens is 262 g/mol. The summed E-state index contributed by atoms with van der Waals surface area (Å²) in [6.07, 6.45) is 3.07. The first-order valence-corrected chi connectivity index (χ1v) is 6.36. The molecule has 2 aromatic heterocycles. The lowest BCUT2D eigenvalue weighted by Crippen LogP contribution is -2.10. The zero-order valence-electron chi connectivity index (χ0n) is 9.74. The summed E-state index contributed by atoms with van der Waals surface area (Å²) in [7, 11) is 0. The minimum atomic E-state index is -0.601. The quantitative estimate of drug-likeness (QED) is 0.793. The van der Waals surface area contributed by atoms with Crippen molar-refractivity contribution in [2.24, 2.45) is 5.73 Å². The van der Waals surface area contributed by atoms with Gasteiger partial charge in [-0.05, 0) is 17.7 Å². The highest BCUT2D eigenvalue weighted by Crippen LogP contribution is 2.26. The number of benzene rings is 1. The molecule has 0 aliphatic carbocycles. The molecule has 3 rings (SSSR count). The molecule has 2 N–H and O–H groups in total. The van der Waals surface area contributed by atoms with Crippen LogP contribution in [0.3, 0.4) is 0 Å². The number of thiazole rings is 1. The van der Waals surface area contributed by atoms with E-state index in [1.54, 1.807) is 16.8 Å². The lowest BCUT2D eigenvalue weighted by molar-refractivity contribution is 0.0995. The van der Waals surface area contributed by atoms with Crippen LogP contribution >= 0.6 is 11.3 Å². The standard InChI is InChI=1S/C13H9N3O2S/c14-12(17)10-6-18-13(16-10)9-3-1-8(2-4-9)11-5-15-7-19-11/h1-7H,(H2,14,17). The summed E-state index contributed by atoms with van der Waals surface area (Å²) in [5, 5.41) is 0. The van der Waals surface area contributed by atoms with Crippen LogP contribution in [0.15, 0.2) is 46.7 Å². The average molecular weight is 271 g/mol. The second-order valence-electron chi connectivity index (χ2n) is 3.85. The monoisotopic (exact) mass is 271 g/mol. The number of oxazole rings is 1. The summed E-state index contributed by atoms with van der Waals surface area (Å²) in [6.45, 7) is 0. The van der Waals surface area contributed by atoms with Gasteiger partial charge in [0.05, 0.1) is 10.4 Å². The Balaban J connectivity index is 1.91. The summed E-state index contributed by atoms with van der Waals surface area (Å²) in [5.74, 6) is -0.221. The molecule has 5 nitrogen and oxygen atoms in total. The van der Waals surface area contributed by atoms with Gasteiger partial charge in [0.2, 0.25) is 5.89 Å². The third-order valence-electron chi connectivity index (χ3n) is 2.61. The van der Waals surface area contributed by atoms with Gasteiger partial charge in [0.25, 0.3) is 5.91 Å². The average Bonchev–Trinajstić information content (AvgIpc) is 3.11. The Hall–Kier alpha value is -2.47. The Labute approximate surface area is 112 Å². The Morgan fingerprint density at radius 1 is 1.21 bits per heavy atom. The van der Waals surface area contributed by atoms with E-state index < -0.39 is 5.91 Å². The second kappa shape index (κ2) is 4.66. The van der Waals surface area contributed by atoms with Crippen LogP contribution in [-0.4, -0.2) is 15.9 Å². The predicted octanol–water partition coefficient (Wildman–Crippen LogP) is 2.56. The van der Waals surface area contributed by atoms with E-state index in [1.807, 2.05) is 30.5 Å². The Morgan fingerprint density at radius 3 is 2.53 bits per heavy atom. The molecule has 0 radical (unpaired) electrons. The molecule has 0 spiro atoms. The predicted molar refractivity (Wildman–Crippen MR) is 71.6 cm³/mol. The molecule has 0 aliphatic rings. The molecule has 0 atom stereocenters. The third-order valence-corrected chi connectivity index (χ3v) is 3.43. The van der Waals surface area contributed by atoms with Gasteiger partial charge in [-0.3, -0.25) is 9.78 Å². The molecular formula is C13H9N3O2S. The van der Waals surface area contributed by atoms with Crippen molar-refractivity contribution in [3.8, 4) is 21.9 Å². The first-order chi connectivity index (χ1) is 9.24. The van der Waals surface area contributed by atoms with Gasteiger partial charge in [-0.25, -0.2) is 4.98 Å². The lowest BCUT2D eigenvalue weighted by atomic mass is 10.1. The molecule has 3 aromatic rings. The molecule has 94 valence electrons. The SMILES string of the molecule is NC(=O)c1coc(-c2ccc(-c3cncs3)cc2)n1. The first kappa shape index (κ1) is 11.6. The highest BCUT2D eigenvalue weighted by Gasteiger charge is 2.10. The molecule has 2 heterocycles. The van der Waals surface area contributed by atoms with E-state index in [9.17, 15) is 4.79 Å². The van der Waals surface area contributed by atoms with Crippen LogP contribution in [0.5, 0.6) is 0 Å². The maximum absolute atomic E-state index is 10.9. The largest absolute Gasteiger partial charge is 0.444 e. The lowest BCUT2D eigenvalue weighted by Gasteiger charge is -1.98. The fraction of sp³-hybridized carbons (Fsp3) is 0. The van der Waals surface area contributed by atoms with Gasteiger partial charge in [0.15, 0.2) is 5.69 Å². The van der Waals surface area contributed by atoms with Gasteiger partial charge >= 0.3 is 0 Å². The number of hydrogen-bond acceptors (Lipinski definition) is 5. The van der Waals surface area contributed by atoms with E-state index in [0.717, 1.165) is 16.0 Å². The van der Waals surface area contributed by atoms with Crippen molar-refractivity contribution in [2.75, 3.05) is 0 Å². The summed E-state index contributed by atoms with van der Waals surface area (Å²) >= 11 is 1.57. The van der Waals surface area contributed by atoms with Crippen molar-refractivity contribution < 1.29 is 9.21 Å². The van der Waals surface area contributed by atoms with Crippen LogP contribution in [0.4, 0.5) is 0 Å². The molecule has 6 heteroatoms. The number of primary amides is 1. The Morgan fingerprint density at radius 2 is 1.95 bits per heavy atom. The minimum Gasteiger partial charge on any atom is -0.444 e. The van der Waals surface area contributed by atoms with Crippen LogP contribution in [0.1, 0.15) is 10.5 Å². The van der Waals surface area contributed by atoms with Crippen molar-refractivity contribution in [3.05, 3.63) is 47.9 Å². The summed E-state index contributed by atoms with van der Waals surface area (Å²) in [5.41, 5.74) is 8.91. The van der Waals surface area contributed by atoms with Crippen LogP contribution < -0.4 is 5.73 Å². The van der Waals surface area contributed by atoms with Crippen LogP contribution in [0, 0.1) is 0 Å². The van der Waals surface area contributed by atoms with Gasteiger partial charge in [0.1, 0.15) is 6.26 Å². The first-order valence-electron chi connectivity index (χ1n) is 5.48. The molecule has 1 amide bonds. The van der Waals surface area contributed by atoms with Gasteiger partial charge < -0.3 is 10.2 Å². The minimum absolute atomic E-state index is 0.126. The van der Waals surface area contributed by atoms with Crippen molar-refractivity contribution >= 4 is 17.2 Å². The molecule has 0 saturated heterocycles. The van der Waals surface area contributed by atoms with E-state index in [4.69, 9.17) is 10.2 Å². The Bertz CT molecular complexity index is 702. The molecule has 0 aliphatic heterocycles. The van der Waals surface area contributed by atoms with Gasteiger partial charge in [-0.1, -0.05) is 12.1 Å². The van der Waals surface area contributed by atoms with Crippen LogP contribution in [0.25, 0.3) is 21.9 Å². The fourth-order valence-electron chi connectivity index (χ4n) is 1.65. The number of aromatic nitrogens is 2. The number of hydrogen-bond donors (Lipinski definition) is 1.